The topological polar surface area (TPSA) is 237 Å². The van der Waals surface area contributed by atoms with Crippen LogP contribution < -0.4 is 0 Å². The average Bonchev–Trinajstić information content (AvgIpc) is 2.43. The van der Waals surface area contributed by atoms with E-state index in [2.05, 4.69) is 48.5 Å². The molecular formula is C73H142O17P2. The highest BCUT2D eigenvalue weighted by Gasteiger charge is 2.30. The van der Waals surface area contributed by atoms with Crippen molar-refractivity contribution in [1.82, 2.24) is 0 Å². The van der Waals surface area contributed by atoms with Gasteiger partial charge in [0.15, 0.2) is 12.2 Å². The highest BCUT2D eigenvalue weighted by Crippen LogP contribution is 2.45. The molecule has 0 bridgehead atoms. The van der Waals surface area contributed by atoms with Gasteiger partial charge in [0, 0.05) is 25.7 Å². The summed E-state index contributed by atoms with van der Waals surface area (Å²) in [5.41, 5.74) is 0. The lowest BCUT2D eigenvalue weighted by Crippen LogP contribution is -2.30. The Hall–Kier alpha value is -1.94. The molecule has 92 heavy (non-hydrogen) atoms. The summed E-state index contributed by atoms with van der Waals surface area (Å²) >= 11 is 0. The normalized spacial score (nSPS) is 14.1. The van der Waals surface area contributed by atoms with E-state index in [0.29, 0.717) is 25.7 Å². The van der Waals surface area contributed by atoms with E-state index in [1.807, 2.05) is 0 Å². The van der Waals surface area contributed by atoms with Gasteiger partial charge in [-0.2, -0.15) is 0 Å². The van der Waals surface area contributed by atoms with Crippen molar-refractivity contribution in [3.63, 3.8) is 0 Å². The number of phosphoric acid groups is 2. The number of unbranched alkanes of at least 4 members (excludes halogenated alkanes) is 39. The highest BCUT2D eigenvalue weighted by atomic mass is 31.2. The maximum Gasteiger partial charge on any atom is 0.472 e. The Labute approximate surface area is 562 Å². The average molecular weight is 1350 g/mol. The summed E-state index contributed by atoms with van der Waals surface area (Å²) in [6, 6.07) is 0. The van der Waals surface area contributed by atoms with Gasteiger partial charge >= 0.3 is 39.5 Å². The first-order valence-corrected chi connectivity index (χ1v) is 40.8. The van der Waals surface area contributed by atoms with Crippen LogP contribution in [0.4, 0.5) is 0 Å². The van der Waals surface area contributed by atoms with Crippen molar-refractivity contribution in [2.75, 3.05) is 39.6 Å². The van der Waals surface area contributed by atoms with E-state index < -0.39 is 97.5 Å². The summed E-state index contributed by atoms with van der Waals surface area (Å²) in [5, 5.41) is 10.6. The zero-order valence-corrected chi connectivity index (χ0v) is 61.8. The zero-order chi connectivity index (χ0) is 68.0. The van der Waals surface area contributed by atoms with E-state index >= 15 is 0 Å². The predicted molar refractivity (Wildman–Crippen MR) is 372 cm³/mol. The summed E-state index contributed by atoms with van der Waals surface area (Å²) in [7, 11) is -9.90. The third-order valence-corrected chi connectivity index (χ3v) is 18.8. The van der Waals surface area contributed by atoms with Crippen LogP contribution in [-0.2, 0) is 65.4 Å². The fourth-order valence-electron chi connectivity index (χ4n) is 11.1. The molecule has 0 heterocycles. The van der Waals surface area contributed by atoms with Gasteiger partial charge in [-0.25, -0.2) is 9.13 Å². The van der Waals surface area contributed by atoms with Gasteiger partial charge in [0.05, 0.1) is 26.4 Å². The lowest BCUT2D eigenvalue weighted by Gasteiger charge is -2.21. The molecule has 0 amide bonds. The maximum absolute atomic E-state index is 13.1. The van der Waals surface area contributed by atoms with Crippen molar-refractivity contribution in [1.29, 1.82) is 0 Å². The van der Waals surface area contributed by atoms with Gasteiger partial charge in [0.2, 0.25) is 0 Å². The molecule has 0 fully saturated rings. The second-order valence-electron chi connectivity index (χ2n) is 27.8. The standard InChI is InChI=1S/C73H142O17P2/c1-8-9-10-11-30-40-47-54-70(75)83-60-68(90-73(78)57-50-43-36-29-28-33-39-46-53-66(6)7)62-87-91(79,80)85-58-67(74)59-86-92(81,82)88-63-69(89-72(77)56-49-42-35-27-23-19-15-13-17-21-25-32-38-45-52-65(4)5)61-84-71(76)55-48-41-34-26-22-18-14-12-16-20-24-31-37-44-51-64(2)3/h64-69,74H,8-63H2,1-7H3,(H,79,80)(H,81,82)/t67-,68+,69+/m0/s1. The Morgan fingerprint density at radius 1 is 0.293 bits per heavy atom. The van der Waals surface area contributed by atoms with Gasteiger partial charge in [-0.05, 0) is 43.4 Å². The summed E-state index contributed by atoms with van der Waals surface area (Å²) in [5.74, 6) is 0.185. The first-order valence-electron chi connectivity index (χ1n) is 37.8. The summed E-state index contributed by atoms with van der Waals surface area (Å²) in [4.78, 5) is 72.5. The number of aliphatic hydroxyl groups is 1. The molecule has 3 N–H and O–H groups in total. The molecule has 17 nitrogen and oxygen atoms in total. The zero-order valence-electron chi connectivity index (χ0n) is 60.0. The largest absolute Gasteiger partial charge is 0.472 e. The molecule has 0 aromatic carbocycles. The number of carbonyl (C=O) groups is 4. The number of rotatable bonds is 71. The Morgan fingerprint density at radius 3 is 0.739 bits per heavy atom. The third-order valence-electron chi connectivity index (χ3n) is 16.9. The van der Waals surface area contributed by atoms with Crippen LogP contribution in [0.25, 0.3) is 0 Å². The number of aliphatic hydroxyl groups excluding tert-OH is 1. The summed E-state index contributed by atoms with van der Waals surface area (Å²) in [6.07, 6.45) is 48.8. The molecule has 0 radical (unpaired) electrons. The van der Waals surface area contributed by atoms with Gasteiger partial charge in [0.1, 0.15) is 19.3 Å². The fraction of sp³-hybridized carbons (Fsp3) is 0.945. The minimum absolute atomic E-state index is 0.104. The van der Waals surface area contributed by atoms with Crippen LogP contribution >= 0.6 is 15.6 Å². The van der Waals surface area contributed by atoms with E-state index in [1.54, 1.807) is 0 Å². The smallest absolute Gasteiger partial charge is 0.462 e. The van der Waals surface area contributed by atoms with Gasteiger partial charge in [-0.3, -0.25) is 37.3 Å². The van der Waals surface area contributed by atoms with Crippen molar-refractivity contribution in [2.45, 2.75) is 388 Å². The van der Waals surface area contributed by atoms with Crippen LogP contribution in [0.1, 0.15) is 370 Å². The molecule has 2 unspecified atom stereocenters. The molecule has 19 heteroatoms. The minimum Gasteiger partial charge on any atom is -0.462 e. The maximum atomic E-state index is 13.1. The Bertz CT molecular complexity index is 1800. The number of hydrogen-bond acceptors (Lipinski definition) is 15. The predicted octanol–water partition coefficient (Wildman–Crippen LogP) is 21.0. The van der Waals surface area contributed by atoms with Gasteiger partial charge in [-0.15, -0.1) is 0 Å². The fourth-order valence-corrected chi connectivity index (χ4v) is 12.7. The van der Waals surface area contributed by atoms with E-state index in [9.17, 15) is 43.2 Å². The van der Waals surface area contributed by atoms with Crippen LogP contribution in [0.2, 0.25) is 0 Å². The van der Waals surface area contributed by atoms with Crippen LogP contribution in [0.15, 0.2) is 0 Å². The van der Waals surface area contributed by atoms with Crippen LogP contribution in [0.3, 0.4) is 0 Å². The molecule has 0 aliphatic rings. The second-order valence-corrected chi connectivity index (χ2v) is 30.7. The van der Waals surface area contributed by atoms with Crippen LogP contribution in [0, 0.1) is 17.8 Å². The number of carbonyl (C=O) groups excluding carboxylic acids is 4. The Kier molecular flexibility index (Phi) is 62.4. The molecule has 0 aliphatic heterocycles. The van der Waals surface area contributed by atoms with Crippen molar-refractivity contribution in [2.24, 2.45) is 17.8 Å². The van der Waals surface area contributed by atoms with Crippen molar-refractivity contribution < 1.29 is 80.2 Å². The van der Waals surface area contributed by atoms with E-state index in [-0.39, 0.29) is 25.7 Å². The third kappa shape index (κ3) is 66.7. The van der Waals surface area contributed by atoms with E-state index in [0.717, 1.165) is 120 Å². The first-order chi connectivity index (χ1) is 44.2. The van der Waals surface area contributed by atoms with Crippen LogP contribution in [-0.4, -0.2) is 96.7 Å². The van der Waals surface area contributed by atoms with Gasteiger partial charge in [0.25, 0.3) is 0 Å². The molecule has 0 aliphatic carbocycles. The van der Waals surface area contributed by atoms with Crippen molar-refractivity contribution >= 4 is 39.5 Å². The molecular weight excluding hydrogens is 1210 g/mol. The molecule has 0 spiro atoms. The molecule has 546 valence electrons. The van der Waals surface area contributed by atoms with Crippen molar-refractivity contribution in [3.8, 4) is 0 Å². The molecule has 0 aromatic heterocycles. The monoisotopic (exact) mass is 1350 g/mol. The molecule has 5 atom stereocenters. The summed E-state index contributed by atoms with van der Waals surface area (Å²) in [6.45, 7) is 11.8. The van der Waals surface area contributed by atoms with E-state index in [4.69, 9.17) is 37.0 Å². The summed E-state index contributed by atoms with van der Waals surface area (Å²) < 4.78 is 68.3. The molecule has 0 rings (SSSR count). The first kappa shape index (κ1) is 90.1. The van der Waals surface area contributed by atoms with Crippen LogP contribution in [0.5, 0.6) is 0 Å². The van der Waals surface area contributed by atoms with Crippen molar-refractivity contribution in [3.05, 3.63) is 0 Å². The number of phosphoric ester groups is 2. The quantitative estimate of drug-likeness (QED) is 0.0222. The minimum atomic E-state index is -4.95. The van der Waals surface area contributed by atoms with Gasteiger partial charge in [-0.1, -0.05) is 318 Å². The number of hydrogen-bond donors (Lipinski definition) is 3. The number of esters is 4. The van der Waals surface area contributed by atoms with E-state index in [1.165, 1.54) is 167 Å². The lowest BCUT2D eigenvalue weighted by molar-refractivity contribution is -0.161. The molecule has 0 saturated carbocycles. The SMILES string of the molecule is CCCCCCCCCC(=O)OC[C@H](COP(=O)(O)OC[C@H](O)COP(=O)(O)OC[C@@H](COC(=O)CCCCCCCCCCCCCCCCC(C)C)OC(=O)CCCCCCCCCCCCCCCCC(C)C)OC(=O)CCCCCCCCCCC(C)C. The molecule has 0 aromatic rings. The Morgan fingerprint density at radius 2 is 0.500 bits per heavy atom. The highest BCUT2D eigenvalue weighted by molar-refractivity contribution is 7.47. The number of ether oxygens (including phenoxy) is 4. The van der Waals surface area contributed by atoms with Gasteiger partial charge < -0.3 is 33.8 Å². The lowest BCUT2D eigenvalue weighted by atomic mass is 10.0. The second kappa shape index (κ2) is 63.8. The Balaban J connectivity index is 5.20. The molecule has 0 saturated heterocycles.